The summed E-state index contributed by atoms with van der Waals surface area (Å²) >= 11 is 2.17. The number of benzene rings is 3. The fraction of sp³-hybridized carbons (Fsp3) is 0.214. The fourth-order valence-electron chi connectivity index (χ4n) is 5.18. The lowest BCUT2D eigenvalue weighted by Crippen LogP contribution is -2.39. The average molecular weight is 614 g/mol. The van der Waals surface area contributed by atoms with Gasteiger partial charge in [0.2, 0.25) is 0 Å². The number of aromatic nitrogens is 2. The molecule has 0 N–H and O–H groups in total. The SMILES string of the molecule is O=C1c2c(c(C(F)(F)F)nn2-c2ccc3c(c2)N(Cc2ccccc2)CC3)CCN1c1ccc(I)cc1. The Hall–Kier alpha value is -3.34. The van der Waals surface area contributed by atoms with Gasteiger partial charge in [-0.1, -0.05) is 36.4 Å². The van der Waals surface area contributed by atoms with Crippen LogP contribution < -0.4 is 9.80 Å². The molecule has 0 fully saturated rings. The number of amides is 1. The van der Waals surface area contributed by atoms with Crippen LogP contribution in [0.3, 0.4) is 0 Å². The van der Waals surface area contributed by atoms with E-state index in [2.05, 4.69) is 44.7 Å². The minimum Gasteiger partial charge on any atom is -0.367 e. The van der Waals surface area contributed by atoms with Crippen molar-refractivity contribution >= 4 is 39.9 Å². The first kappa shape index (κ1) is 24.0. The molecule has 0 spiro atoms. The lowest BCUT2D eigenvalue weighted by Gasteiger charge is -2.28. The number of halogens is 4. The van der Waals surface area contributed by atoms with Gasteiger partial charge in [-0.05, 0) is 83.0 Å². The van der Waals surface area contributed by atoms with Gasteiger partial charge in [0.1, 0.15) is 5.69 Å². The minimum atomic E-state index is -4.66. The van der Waals surface area contributed by atoms with E-state index in [4.69, 9.17) is 0 Å². The Morgan fingerprint density at radius 1 is 0.892 bits per heavy atom. The highest BCUT2D eigenvalue weighted by atomic mass is 127. The molecule has 0 bridgehead atoms. The first-order chi connectivity index (χ1) is 17.8. The second-order valence-electron chi connectivity index (χ2n) is 9.24. The second-order valence-corrected chi connectivity index (χ2v) is 10.5. The topological polar surface area (TPSA) is 41.4 Å². The van der Waals surface area contributed by atoms with Gasteiger partial charge in [-0.15, -0.1) is 0 Å². The summed E-state index contributed by atoms with van der Waals surface area (Å²) in [6.07, 6.45) is -3.73. The molecule has 3 heterocycles. The zero-order valence-corrected chi connectivity index (χ0v) is 21.8. The van der Waals surface area contributed by atoms with Gasteiger partial charge in [0, 0.05) is 40.1 Å². The van der Waals surface area contributed by atoms with Crippen molar-refractivity contribution in [1.29, 1.82) is 0 Å². The number of fused-ring (bicyclic) bond motifs is 2. The van der Waals surface area contributed by atoms with E-state index < -0.39 is 17.8 Å². The molecular weight excluding hydrogens is 592 g/mol. The number of rotatable bonds is 4. The number of hydrogen-bond acceptors (Lipinski definition) is 3. The summed E-state index contributed by atoms with van der Waals surface area (Å²) in [5, 5.41) is 3.98. The van der Waals surface area contributed by atoms with Crippen LogP contribution in [-0.4, -0.2) is 28.8 Å². The molecule has 37 heavy (non-hydrogen) atoms. The Labute approximate surface area is 225 Å². The Bertz CT molecular complexity index is 1480. The third-order valence-electron chi connectivity index (χ3n) is 6.94. The number of anilines is 2. The average Bonchev–Trinajstić information content (AvgIpc) is 3.47. The Morgan fingerprint density at radius 3 is 2.35 bits per heavy atom. The van der Waals surface area contributed by atoms with E-state index in [1.54, 1.807) is 6.07 Å². The van der Waals surface area contributed by atoms with Crippen LogP contribution in [0.1, 0.15) is 32.9 Å². The van der Waals surface area contributed by atoms with Crippen molar-refractivity contribution in [2.24, 2.45) is 0 Å². The zero-order valence-electron chi connectivity index (χ0n) is 19.7. The van der Waals surface area contributed by atoms with Crippen LogP contribution in [0.25, 0.3) is 5.69 Å². The van der Waals surface area contributed by atoms with Crippen LogP contribution in [-0.2, 0) is 25.6 Å². The maximum atomic E-state index is 14.0. The van der Waals surface area contributed by atoms with E-state index >= 15 is 0 Å². The normalized spacial score (nSPS) is 15.2. The molecule has 1 amide bonds. The van der Waals surface area contributed by atoms with Crippen molar-refractivity contribution in [3.05, 3.63) is 104 Å². The molecular formula is C28H22F3IN4O. The molecule has 0 atom stereocenters. The molecule has 1 aromatic heterocycles. The Morgan fingerprint density at radius 2 is 1.62 bits per heavy atom. The van der Waals surface area contributed by atoms with E-state index in [1.165, 1.54) is 9.58 Å². The third kappa shape index (κ3) is 4.39. The molecule has 188 valence electrons. The van der Waals surface area contributed by atoms with Gasteiger partial charge in [-0.25, -0.2) is 4.68 Å². The highest BCUT2D eigenvalue weighted by Gasteiger charge is 2.43. The number of carbonyl (C=O) groups is 1. The molecule has 2 aliphatic rings. The zero-order chi connectivity index (χ0) is 25.7. The van der Waals surface area contributed by atoms with Crippen molar-refractivity contribution in [2.45, 2.75) is 25.6 Å². The minimum absolute atomic E-state index is 0.0234. The summed E-state index contributed by atoms with van der Waals surface area (Å²) in [7, 11) is 0. The Balaban J connectivity index is 1.43. The van der Waals surface area contributed by atoms with Gasteiger partial charge in [0.15, 0.2) is 5.69 Å². The molecule has 3 aromatic carbocycles. The van der Waals surface area contributed by atoms with Crippen molar-refractivity contribution in [3.8, 4) is 5.69 Å². The predicted molar refractivity (Wildman–Crippen MR) is 144 cm³/mol. The summed E-state index contributed by atoms with van der Waals surface area (Å²) in [5.74, 6) is -0.480. The van der Waals surface area contributed by atoms with Gasteiger partial charge in [0.25, 0.3) is 5.91 Å². The molecule has 4 aromatic rings. The van der Waals surface area contributed by atoms with Gasteiger partial charge in [-0.3, -0.25) is 4.79 Å². The van der Waals surface area contributed by atoms with E-state index in [0.717, 1.165) is 33.4 Å². The molecule has 0 aliphatic carbocycles. The molecule has 2 aliphatic heterocycles. The number of nitrogens with zero attached hydrogens (tertiary/aromatic N) is 4. The molecule has 5 nitrogen and oxygen atoms in total. The maximum Gasteiger partial charge on any atom is 0.435 e. The van der Waals surface area contributed by atoms with Crippen molar-refractivity contribution in [3.63, 3.8) is 0 Å². The third-order valence-corrected chi connectivity index (χ3v) is 7.66. The number of alkyl halides is 3. The lowest BCUT2D eigenvalue weighted by molar-refractivity contribution is -0.141. The molecule has 0 saturated heterocycles. The summed E-state index contributed by atoms with van der Waals surface area (Å²) in [6.45, 7) is 1.68. The second kappa shape index (κ2) is 9.20. The van der Waals surface area contributed by atoms with Crippen LogP contribution in [0.4, 0.5) is 24.5 Å². The number of carbonyl (C=O) groups excluding carboxylic acids is 1. The van der Waals surface area contributed by atoms with E-state index in [-0.39, 0.29) is 24.2 Å². The summed E-state index contributed by atoms with van der Waals surface area (Å²) < 4.78 is 44.2. The highest BCUT2D eigenvalue weighted by molar-refractivity contribution is 14.1. The molecule has 0 radical (unpaired) electrons. The smallest absolute Gasteiger partial charge is 0.367 e. The first-order valence-corrected chi connectivity index (χ1v) is 13.1. The lowest BCUT2D eigenvalue weighted by atomic mass is 10.0. The van der Waals surface area contributed by atoms with Crippen LogP contribution in [0, 0.1) is 3.57 Å². The fourth-order valence-corrected chi connectivity index (χ4v) is 5.54. The van der Waals surface area contributed by atoms with Crippen molar-refractivity contribution in [1.82, 2.24) is 9.78 Å². The van der Waals surface area contributed by atoms with E-state index in [1.807, 2.05) is 54.6 Å². The first-order valence-electron chi connectivity index (χ1n) is 12.0. The van der Waals surface area contributed by atoms with Crippen LogP contribution in [0.15, 0.2) is 72.8 Å². The molecule has 6 rings (SSSR count). The van der Waals surface area contributed by atoms with Gasteiger partial charge in [0.05, 0.1) is 5.69 Å². The monoisotopic (exact) mass is 614 g/mol. The highest BCUT2D eigenvalue weighted by Crippen LogP contribution is 2.38. The van der Waals surface area contributed by atoms with Gasteiger partial charge in [-0.2, -0.15) is 18.3 Å². The van der Waals surface area contributed by atoms with Crippen LogP contribution >= 0.6 is 22.6 Å². The van der Waals surface area contributed by atoms with E-state index in [9.17, 15) is 18.0 Å². The van der Waals surface area contributed by atoms with Crippen molar-refractivity contribution < 1.29 is 18.0 Å². The predicted octanol–water partition coefficient (Wildman–Crippen LogP) is 6.26. The standard InChI is InChI=1S/C28H22F3IN4O/c29-28(30,31)26-23-13-15-35(21-10-7-20(32)8-11-21)27(37)25(23)36(33-26)22-9-6-19-12-14-34(24(19)16-22)17-18-4-2-1-3-5-18/h1-11,16H,12-15,17H2. The maximum absolute atomic E-state index is 14.0. The van der Waals surface area contributed by atoms with Crippen LogP contribution in [0.2, 0.25) is 0 Å². The quantitative estimate of drug-likeness (QED) is 0.255. The Kier molecular flexibility index (Phi) is 5.97. The largest absolute Gasteiger partial charge is 0.435 e. The van der Waals surface area contributed by atoms with Gasteiger partial charge < -0.3 is 9.80 Å². The molecule has 0 saturated carbocycles. The van der Waals surface area contributed by atoms with Crippen molar-refractivity contribution in [2.75, 3.05) is 22.9 Å². The van der Waals surface area contributed by atoms with Gasteiger partial charge >= 0.3 is 6.18 Å². The summed E-state index contributed by atoms with van der Waals surface area (Å²) in [5.41, 5.74) is 3.29. The van der Waals surface area contributed by atoms with Crippen LogP contribution in [0.5, 0.6) is 0 Å². The summed E-state index contributed by atoms with van der Waals surface area (Å²) in [6, 6.07) is 23.0. The summed E-state index contributed by atoms with van der Waals surface area (Å²) in [4.78, 5) is 17.4. The van der Waals surface area contributed by atoms with E-state index in [0.29, 0.717) is 17.9 Å². The molecule has 9 heteroatoms. The number of hydrogen-bond donors (Lipinski definition) is 0. The molecule has 0 unspecified atom stereocenters.